The molecule has 0 heterocycles. The van der Waals surface area contributed by atoms with Crippen molar-refractivity contribution in [3.05, 3.63) is 0 Å². The second kappa shape index (κ2) is 4.08. The van der Waals surface area contributed by atoms with Gasteiger partial charge in [-0.1, -0.05) is 53.9 Å². The third-order valence-electron chi connectivity index (χ3n) is 4.70. The van der Waals surface area contributed by atoms with Crippen LogP contribution in [0.3, 0.4) is 0 Å². The summed E-state index contributed by atoms with van der Waals surface area (Å²) in [5.41, 5.74) is -0.378. The summed E-state index contributed by atoms with van der Waals surface area (Å²) in [6.07, 6.45) is 6.86. The van der Waals surface area contributed by atoms with Gasteiger partial charge in [0.05, 0.1) is 5.60 Å². The van der Waals surface area contributed by atoms with Crippen molar-refractivity contribution in [3.63, 3.8) is 0 Å². The van der Waals surface area contributed by atoms with E-state index in [1.807, 2.05) is 0 Å². The summed E-state index contributed by atoms with van der Waals surface area (Å²) in [7, 11) is 0. The largest absolute Gasteiger partial charge is 0.389 e. The molecular weight excluding hydrogens is 184 g/mol. The Morgan fingerprint density at radius 3 is 1.67 bits per heavy atom. The maximum atomic E-state index is 11.1. The summed E-state index contributed by atoms with van der Waals surface area (Å²) in [6, 6.07) is 0. The van der Waals surface area contributed by atoms with Crippen LogP contribution in [0.1, 0.15) is 73.1 Å². The number of hydrogen-bond acceptors (Lipinski definition) is 1. The Hall–Kier alpha value is -0.0400. The predicted molar refractivity (Wildman–Crippen MR) is 65.9 cm³/mol. The minimum absolute atomic E-state index is 0.0585. The Balaban J connectivity index is 3.08. The quantitative estimate of drug-likeness (QED) is 0.682. The summed E-state index contributed by atoms with van der Waals surface area (Å²) in [6.45, 7) is 11.2. The molecule has 0 amide bonds. The van der Waals surface area contributed by atoms with E-state index in [9.17, 15) is 5.11 Å². The summed E-state index contributed by atoms with van der Waals surface area (Å²) >= 11 is 0. The number of hydrogen-bond donors (Lipinski definition) is 1. The highest BCUT2D eigenvalue weighted by molar-refractivity contribution is 5.04. The second-order valence-electron chi connectivity index (χ2n) is 6.59. The first-order chi connectivity index (χ1) is 6.77. The number of rotatable bonds is 2. The lowest BCUT2D eigenvalue weighted by molar-refractivity contribution is -0.153. The Kier molecular flexibility index (Phi) is 3.55. The van der Waals surface area contributed by atoms with Crippen molar-refractivity contribution < 1.29 is 5.11 Å². The van der Waals surface area contributed by atoms with E-state index < -0.39 is 5.60 Å². The van der Waals surface area contributed by atoms with E-state index in [2.05, 4.69) is 34.6 Å². The van der Waals surface area contributed by atoms with E-state index in [0.717, 1.165) is 25.7 Å². The highest BCUT2D eigenvalue weighted by Crippen LogP contribution is 2.54. The van der Waals surface area contributed by atoms with Gasteiger partial charge in [0.15, 0.2) is 0 Å². The normalized spacial score (nSPS) is 28.4. The molecule has 0 bridgehead atoms. The molecule has 0 atom stereocenters. The first-order valence-corrected chi connectivity index (χ1v) is 6.49. The molecule has 1 aliphatic rings. The standard InChI is InChI=1S/C14H28O/c1-6-9-14(15)12(2,3)10-7-8-11-13(14,4)5/h15H,6-11H2,1-5H3. The molecule has 15 heavy (non-hydrogen) atoms. The molecule has 0 aromatic carbocycles. The van der Waals surface area contributed by atoms with Gasteiger partial charge in [0.2, 0.25) is 0 Å². The van der Waals surface area contributed by atoms with Crippen molar-refractivity contribution in [1.29, 1.82) is 0 Å². The lowest BCUT2D eigenvalue weighted by Crippen LogP contribution is -2.54. The van der Waals surface area contributed by atoms with Crippen LogP contribution in [-0.2, 0) is 0 Å². The van der Waals surface area contributed by atoms with Crippen LogP contribution in [-0.4, -0.2) is 10.7 Å². The summed E-state index contributed by atoms with van der Waals surface area (Å²) in [4.78, 5) is 0. The van der Waals surface area contributed by atoms with Crippen molar-refractivity contribution >= 4 is 0 Å². The van der Waals surface area contributed by atoms with Crippen LogP contribution in [0.5, 0.6) is 0 Å². The van der Waals surface area contributed by atoms with Crippen molar-refractivity contribution in [3.8, 4) is 0 Å². The SMILES string of the molecule is CCCC1(O)C(C)(C)CCCCC1(C)C. The first-order valence-electron chi connectivity index (χ1n) is 6.49. The molecule has 0 spiro atoms. The third kappa shape index (κ3) is 2.08. The van der Waals surface area contributed by atoms with Gasteiger partial charge in [-0.2, -0.15) is 0 Å². The van der Waals surface area contributed by atoms with Crippen molar-refractivity contribution in [2.45, 2.75) is 78.7 Å². The minimum atomic E-state index is -0.495. The topological polar surface area (TPSA) is 20.2 Å². The van der Waals surface area contributed by atoms with Gasteiger partial charge in [-0.3, -0.25) is 0 Å². The van der Waals surface area contributed by atoms with Crippen LogP contribution in [0.4, 0.5) is 0 Å². The molecule has 0 aromatic rings. The van der Waals surface area contributed by atoms with Gasteiger partial charge in [-0.05, 0) is 30.1 Å². The molecule has 1 fully saturated rings. The zero-order valence-corrected chi connectivity index (χ0v) is 11.2. The fraction of sp³-hybridized carbons (Fsp3) is 1.00. The van der Waals surface area contributed by atoms with Crippen molar-refractivity contribution in [2.75, 3.05) is 0 Å². The van der Waals surface area contributed by atoms with Crippen LogP contribution in [0, 0.1) is 10.8 Å². The molecule has 0 aromatic heterocycles. The zero-order valence-electron chi connectivity index (χ0n) is 11.2. The van der Waals surface area contributed by atoms with Gasteiger partial charge in [0.1, 0.15) is 0 Å². The molecule has 1 nitrogen and oxygen atoms in total. The van der Waals surface area contributed by atoms with Crippen LogP contribution < -0.4 is 0 Å². The van der Waals surface area contributed by atoms with E-state index in [4.69, 9.17) is 0 Å². The fourth-order valence-corrected chi connectivity index (χ4v) is 3.50. The smallest absolute Gasteiger partial charge is 0.0748 e. The van der Waals surface area contributed by atoms with Gasteiger partial charge in [-0.15, -0.1) is 0 Å². The van der Waals surface area contributed by atoms with Gasteiger partial charge in [-0.25, -0.2) is 0 Å². The maximum absolute atomic E-state index is 11.1. The number of aliphatic hydroxyl groups is 1. The highest BCUT2D eigenvalue weighted by Gasteiger charge is 2.53. The molecule has 1 saturated carbocycles. The Labute approximate surface area is 95.3 Å². The van der Waals surface area contributed by atoms with E-state index in [-0.39, 0.29) is 10.8 Å². The fourth-order valence-electron chi connectivity index (χ4n) is 3.50. The molecule has 90 valence electrons. The van der Waals surface area contributed by atoms with Crippen LogP contribution in [0.25, 0.3) is 0 Å². The Morgan fingerprint density at radius 2 is 1.33 bits per heavy atom. The van der Waals surface area contributed by atoms with Crippen LogP contribution in [0.15, 0.2) is 0 Å². The van der Waals surface area contributed by atoms with Crippen LogP contribution in [0.2, 0.25) is 0 Å². The van der Waals surface area contributed by atoms with Crippen LogP contribution >= 0.6 is 0 Å². The monoisotopic (exact) mass is 212 g/mol. The van der Waals surface area contributed by atoms with E-state index in [1.165, 1.54) is 12.8 Å². The highest BCUT2D eigenvalue weighted by atomic mass is 16.3. The molecule has 1 aliphatic carbocycles. The van der Waals surface area contributed by atoms with Gasteiger partial charge >= 0.3 is 0 Å². The molecule has 0 unspecified atom stereocenters. The van der Waals surface area contributed by atoms with E-state index >= 15 is 0 Å². The van der Waals surface area contributed by atoms with Gasteiger partial charge < -0.3 is 5.11 Å². The Morgan fingerprint density at radius 1 is 0.933 bits per heavy atom. The minimum Gasteiger partial charge on any atom is -0.389 e. The molecule has 0 saturated heterocycles. The second-order valence-corrected chi connectivity index (χ2v) is 6.59. The average molecular weight is 212 g/mol. The molecular formula is C14H28O. The first kappa shape index (κ1) is 13.0. The molecule has 1 N–H and O–H groups in total. The Bertz CT molecular complexity index is 197. The van der Waals surface area contributed by atoms with Crippen molar-refractivity contribution in [1.82, 2.24) is 0 Å². The van der Waals surface area contributed by atoms with Crippen molar-refractivity contribution in [2.24, 2.45) is 10.8 Å². The zero-order chi connectivity index (χ0) is 11.7. The molecule has 0 radical (unpaired) electrons. The maximum Gasteiger partial charge on any atom is 0.0748 e. The van der Waals surface area contributed by atoms with E-state index in [0.29, 0.717) is 0 Å². The molecule has 0 aliphatic heterocycles. The summed E-state index contributed by atoms with van der Waals surface area (Å²) in [5.74, 6) is 0. The molecule has 1 heteroatoms. The summed E-state index contributed by atoms with van der Waals surface area (Å²) in [5, 5.41) is 11.1. The lowest BCUT2D eigenvalue weighted by atomic mass is 9.58. The average Bonchev–Trinajstić information content (AvgIpc) is 2.18. The lowest BCUT2D eigenvalue weighted by Gasteiger charge is -2.51. The molecule has 1 rings (SSSR count). The predicted octanol–water partition coefficient (Wildman–Crippen LogP) is 4.14. The van der Waals surface area contributed by atoms with Gasteiger partial charge in [0.25, 0.3) is 0 Å². The third-order valence-corrected chi connectivity index (χ3v) is 4.70. The van der Waals surface area contributed by atoms with Gasteiger partial charge in [0, 0.05) is 0 Å². The summed E-state index contributed by atoms with van der Waals surface area (Å²) < 4.78 is 0. The van der Waals surface area contributed by atoms with E-state index in [1.54, 1.807) is 0 Å².